The van der Waals surface area contributed by atoms with Crippen LogP contribution in [0.25, 0.3) is 0 Å². The maximum Gasteiger partial charge on any atom is 0.236 e. The van der Waals surface area contributed by atoms with Crippen LogP contribution in [0.2, 0.25) is 5.02 Å². The average molecular weight is 257 g/mol. The average Bonchev–Trinajstić information content (AvgIpc) is 2.04. The summed E-state index contributed by atoms with van der Waals surface area (Å²) < 4.78 is 34.9. The monoisotopic (exact) mass is 256 g/mol. The quantitative estimate of drug-likeness (QED) is 0.763. The second-order valence-corrected chi connectivity index (χ2v) is 6.02. The van der Waals surface area contributed by atoms with E-state index in [1.807, 2.05) is 0 Å². The van der Waals surface area contributed by atoms with Crippen LogP contribution in [0, 0.1) is 12.7 Å². The van der Waals surface area contributed by atoms with E-state index in [9.17, 15) is 12.8 Å². The van der Waals surface area contributed by atoms with Crippen molar-refractivity contribution in [3.05, 3.63) is 34.1 Å². The second kappa shape index (κ2) is 4.04. The van der Waals surface area contributed by atoms with Crippen LogP contribution >= 0.6 is 22.3 Å². The van der Waals surface area contributed by atoms with Crippen molar-refractivity contribution in [3.63, 3.8) is 0 Å². The molecule has 0 saturated heterocycles. The van der Waals surface area contributed by atoms with Gasteiger partial charge in [0.15, 0.2) is 0 Å². The molecule has 1 rings (SSSR count). The Labute approximate surface area is 91.1 Å². The minimum Gasteiger partial charge on any atom is -0.212 e. The molecule has 1 aromatic rings. The summed E-state index contributed by atoms with van der Waals surface area (Å²) in [7, 11) is 1.26. The highest BCUT2D eigenvalue weighted by atomic mass is 35.7. The molecular weight excluding hydrogens is 250 g/mol. The molecule has 0 amide bonds. The summed E-state index contributed by atoms with van der Waals surface area (Å²) in [6, 6.07) is 2.92. The zero-order valence-electron chi connectivity index (χ0n) is 7.22. The van der Waals surface area contributed by atoms with Gasteiger partial charge in [-0.15, -0.1) is 0 Å². The summed E-state index contributed by atoms with van der Waals surface area (Å²) in [5.41, 5.74) is 0.531. The first-order valence-electron chi connectivity index (χ1n) is 3.67. The van der Waals surface area contributed by atoms with Gasteiger partial charge in [0.25, 0.3) is 0 Å². The molecule has 14 heavy (non-hydrogen) atoms. The Morgan fingerprint density at radius 3 is 2.50 bits per heavy atom. The largest absolute Gasteiger partial charge is 0.236 e. The van der Waals surface area contributed by atoms with E-state index in [4.69, 9.17) is 22.3 Å². The van der Waals surface area contributed by atoms with Crippen LogP contribution in [0.15, 0.2) is 12.1 Å². The van der Waals surface area contributed by atoms with E-state index >= 15 is 0 Å². The summed E-state index contributed by atoms with van der Waals surface area (Å²) >= 11 is 5.50. The van der Waals surface area contributed by atoms with Gasteiger partial charge in [-0.1, -0.05) is 17.7 Å². The lowest BCUT2D eigenvalue weighted by Gasteiger charge is -2.06. The van der Waals surface area contributed by atoms with E-state index in [0.29, 0.717) is 5.56 Å². The highest BCUT2D eigenvalue weighted by Gasteiger charge is 2.16. The van der Waals surface area contributed by atoms with E-state index in [-0.39, 0.29) is 10.6 Å². The standard InChI is InChI=1S/C8H7Cl2FO2S/c1-5-2-3-7(9)8(11)6(5)4-14(10,12)13/h2-3H,4H2,1H3. The Hall–Kier alpha value is -0.320. The number of halogens is 3. The van der Waals surface area contributed by atoms with Gasteiger partial charge in [0.1, 0.15) is 5.82 Å². The van der Waals surface area contributed by atoms with Crippen molar-refractivity contribution < 1.29 is 12.8 Å². The highest BCUT2D eigenvalue weighted by Crippen LogP contribution is 2.24. The molecule has 0 fully saturated rings. The predicted molar refractivity (Wildman–Crippen MR) is 54.6 cm³/mol. The van der Waals surface area contributed by atoms with E-state index in [0.717, 1.165) is 0 Å². The van der Waals surface area contributed by atoms with Crippen LogP contribution in [0.4, 0.5) is 4.39 Å². The van der Waals surface area contributed by atoms with Gasteiger partial charge in [-0.2, -0.15) is 0 Å². The van der Waals surface area contributed by atoms with Gasteiger partial charge in [0.2, 0.25) is 9.05 Å². The smallest absolute Gasteiger partial charge is 0.212 e. The van der Waals surface area contributed by atoms with Crippen molar-refractivity contribution >= 4 is 31.3 Å². The number of hydrogen-bond acceptors (Lipinski definition) is 2. The molecule has 78 valence electrons. The fraction of sp³-hybridized carbons (Fsp3) is 0.250. The lowest BCUT2D eigenvalue weighted by molar-refractivity contribution is 0.596. The van der Waals surface area contributed by atoms with Gasteiger partial charge in [0.05, 0.1) is 10.8 Å². The van der Waals surface area contributed by atoms with Gasteiger partial charge in [-0.25, -0.2) is 12.8 Å². The van der Waals surface area contributed by atoms with Gasteiger partial charge < -0.3 is 0 Å². The molecular formula is C8H7Cl2FO2S. The molecule has 0 heterocycles. The van der Waals surface area contributed by atoms with Crippen LogP contribution in [0.5, 0.6) is 0 Å². The van der Waals surface area contributed by atoms with Crippen LogP contribution in [-0.4, -0.2) is 8.42 Å². The molecule has 0 N–H and O–H groups in total. The third-order valence-electron chi connectivity index (χ3n) is 1.75. The van der Waals surface area contributed by atoms with Gasteiger partial charge in [0, 0.05) is 16.2 Å². The van der Waals surface area contributed by atoms with E-state index in [2.05, 4.69) is 0 Å². The lowest BCUT2D eigenvalue weighted by Crippen LogP contribution is -2.01. The number of hydrogen-bond donors (Lipinski definition) is 0. The summed E-state index contributed by atoms with van der Waals surface area (Å²) in [5.74, 6) is -1.27. The van der Waals surface area contributed by atoms with Crippen LogP contribution in [0.1, 0.15) is 11.1 Å². The third kappa shape index (κ3) is 2.83. The molecule has 0 aliphatic rings. The number of benzene rings is 1. The first-order valence-corrected chi connectivity index (χ1v) is 6.52. The van der Waals surface area contributed by atoms with Crippen LogP contribution < -0.4 is 0 Å². The van der Waals surface area contributed by atoms with Crippen molar-refractivity contribution in [2.24, 2.45) is 0 Å². The van der Waals surface area contributed by atoms with E-state index in [1.165, 1.54) is 6.07 Å². The van der Waals surface area contributed by atoms with E-state index < -0.39 is 20.6 Å². The summed E-state index contributed by atoms with van der Waals surface area (Å²) in [6.45, 7) is 1.59. The van der Waals surface area contributed by atoms with Crippen molar-refractivity contribution in [1.29, 1.82) is 0 Å². The molecule has 0 aliphatic carbocycles. The Kier molecular flexibility index (Phi) is 3.40. The Bertz CT molecular complexity index is 457. The predicted octanol–water partition coefficient (Wildman–Crippen LogP) is 2.86. The van der Waals surface area contributed by atoms with Crippen molar-refractivity contribution in [2.45, 2.75) is 12.7 Å². The lowest BCUT2D eigenvalue weighted by atomic mass is 10.1. The fourth-order valence-corrected chi connectivity index (χ4v) is 2.24. The van der Waals surface area contributed by atoms with Crippen molar-refractivity contribution in [2.75, 3.05) is 0 Å². The normalized spacial score (nSPS) is 11.7. The Balaban J connectivity index is 3.27. The summed E-state index contributed by atoms with van der Waals surface area (Å²) in [5, 5.41) is -0.106. The first-order chi connectivity index (χ1) is 6.31. The minimum atomic E-state index is -3.77. The van der Waals surface area contributed by atoms with Gasteiger partial charge >= 0.3 is 0 Å². The zero-order valence-corrected chi connectivity index (χ0v) is 9.55. The molecule has 0 atom stereocenters. The molecule has 0 saturated carbocycles. The topological polar surface area (TPSA) is 34.1 Å². The zero-order chi connectivity index (χ0) is 10.9. The van der Waals surface area contributed by atoms with Crippen LogP contribution in [-0.2, 0) is 14.8 Å². The first kappa shape index (κ1) is 11.8. The van der Waals surface area contributed by atoms with Gasteiger partial charge in [-0.3, -0.25) is 0 Å². The molecule has 0 bridgehead atoms. The Morgan fingerprint density at radius 1 is 1.43 bits per heavy atom. The molecule has 0 aliphatic heterocycles. The summed E-state index contributed by atoms with van der Waals surface area (Å²) in [4.78, 5) is 0. The molecule has 0 spiro atoms. The molecule has 0 radical (unpaired) electrons. The van der Waals surface area contributed by atoms with E-state index in [1.54, 1.807) is 13.0 Å². The number of rotatable bonds is 2. The molecule has 6 heteroatoms. The van der Waals surface area contributed by atoms with Crippen molar-refractivity contribution in [3.8, 4) is 0 Å². The van der Waals surface area contributed by atoms with Gasteiger partial charge in [-0.05, 0) is 18.6 Å². The SMILES string of the molecule is Cc1ccc(Cl)c(F)c1CS(=O)(=O)Cl. The fourth-order valence-electron chi connectivity index (χ4n) is 1.04. The molecule has 0 aromatic heterocycles. The molecule has 0 unspecified atom stereocenters. The molecule has 2 nitrogen and oxygen atoms in total. The maximum absolute atomic E-state index is 13.3. The highest BCUT2D eigenvalue weighted by molar-refractivity contribution is 8.13. The maximum atomic E-state index is 13.3. The third-order valence-corrected chi connectivity index (χ3v) is 3.00. The Morgan fingerprint density at radius 2 is 2.00 bits per heavy atom. The molecule has 1 aromatic carbocycles. The van der Waals surface area contributed by atoms with Crippen molar-refractivity contribution in [1.82, 2.24) is 0 Å². The second-order valence-electron chi connectivity index (χ2n) is 2.84. The minimum absolute atomic E-state index is 0.0208. The summed E-state index contributed by atoms with van der Waals surface area (Å²) in [6.07, 6.45) is 0. The van der Waals surface area contributed by atoms with Crippen LogP contribution in [0.3, 0.4) is 0 Å². The number of aryl methyl sites for hydroxylation is 1.